The summed E-state index contributed by atoms with van der Waals surface area (Å²) in [5.41, 5.74) is 2.97. The third-order valence-corrected chi connectivity index (χ3v) is 3.50. The van der Waals surface area contributed by atoms with Crippen molar-refractivity contribution in [3.05, 3.63) is 58.9 Å². The Bertz CT molecular complexity index is 590. The molecule has 0 aromatic heterocycles. The fourth-order valence-electron chi connectivity index (χ4n) is 2.51. The highest BCUT2D eigenvalue weighted by Gasteiger charge is 2.20. The first-order valence-electron chi connectivity index (χ1n) is 6.29. The van der Waals surface area contributed by atoms with E-state index in [0.717, 1.165) is 47.5 Å². The molecule has 0 saturated carbocycles. The fourth-order valence-corrected chi connectivity index (χ4v) is 2.51. The predicted molar refractivity (Wildman–Crippen MR) is 69.7 cm³/mol. The second-order valence-corrected chi connectivity index (χ2v) is 4.72. The zero-order valence-corrected chi connectivity index (χ0v) is 10.4. The van der Waals surface area contributed by atoms with Crippen molar-refractivity contribution < 1.29 is 9.13 Å². The van der Waals surface area contributed by atoms with Crippen LogP contribution in [0.1, 0.15) is 23.1 Å². The van der Waals surface area contributed by atoms with Gasteiger partial charge in [0.2, 0.25) is 0 Å². The van der Waals surface area contributed by atoms with E-state index in [1.165, 1.54) is 6.07 Å². The topological polar surface area (TPSA) is 9.23 Å². The molecule has 1 aliphatic rings. The van der Waals surface area contributed by atoms with Crippen molar-refractivity contribution in [3.8, 4) is 11.5 Å². The summed E-state index contributed by atoms with van der Waals surface area (Å²) in [6, 6.07) is 11.1. The fraction of sp³-hybridized carbons (Fsp3) is 0.250. The average Bonchev–Trinajstić information content (AvgIpc) is 2.85. The SMILES string of the molecule is Cc1ccccc1Oc1ccc(F)c2c1CCC2. The molecule has 2 heteroatoms. The van der Waals surface area contributed by atoms with Gasteiger partial charge in [-0.25, -0.2) is 4.39 Å². The quantitative estimate of drug-likeness (QED) is 0.757. The predicted octanol–water partition coefficient (Wildman–Crippen LogP) is 4.42. The van der Waals surface area contributed by atoms with Gasteiger partial charge in [0.25, 0.3) is 0 Å². The Morgan fingerprint density at radius 3 is 2.56 bits per heavy atom. The van der Waals surface area contributed by atoms with Crippen molar-refractivity contribution >= 4 is 0 Å². The first-order valence-corrected chi connectivity index (χ1v) is 6.29. The summed E-state index contributed by atoms with van der Waals surface area (Å²) in [5, 5.41) is 0. The van der Waals surface area contributed by atoms with Gasteiger partial charge in [-0.05, 0) is 55.5 Å². The van der Waals surface area contributed by atoms with Crippen molar-refractivity contribution in [2.45, 2.75) is 26.2 Å². The summed E-state index contributed by atoms with van der Waals surface area (Å²) >= 11 is 0. The minimum Gasteiger partial charge on any atom is -0.457 e. The number of ether oxygens (including phenoxy) is 1. The molecule has 0 radical (unpaired) electrons. The highest BCUT2D eigenvalue weighted by atomic mass is 19.1. The second-order valence-electron chi connectivity index (χ2n) is 4.72. The molecule has 18 heavy (non-hydrogen) atoms. The maximum Gasteiger partial charge on any atom is 0.131 e. The molecule has 3 rings (SSSR count). The van der Waals surface area contributed by atoms with Gasteiger partial charge in [0, 0.05) is 5.56 Å². The smallest absolute Gasteiger partial charge is 0.131 e. The Hall–Kier alpha value is -1.83. The van der Waals surface area contributed by atoms with E-state index in [-0.39, 0.29) is 5.82 Å². The Kier molecular flexibility index (Phi) is 2.78. The van der Waals surface area contributed by atoms with Crippen LogP contribution in [-0.4, -0.2) is 0 Å². The third kappa shape index (κ3) is 1.88. The van der Waals surface area contributed by atoms with E-state index in [2.05, 4.69) is 0 Å². The lowest BCUT2D eigenvalue weighted by Gasteiger charge is -2.12. The lowest BCUT2D eigenvalue weighted by atomic mass is 10.1. The number of hydrogen-bond donors (Lipinski definition) is 0. The van der Waals surface area contributed by atoms with Crippen LogP contribution in [0, 0.1) is 12.7 Å². The molecule has 0 fully saturated rings. The van der Waals surface area contributed by atoms with Gasteiger partial charge in [0.1, 0.15) is 17.3 Å². The van der Waals surface area contributed by atoms with Gasteiger partial charge in [-0.1, -0.05) is 18.2 Å². The molecule has 0 aliphatic heterocycles. The normalized spacial score (nSPS) is 13.4. The summed E-state index contributed by atoms with van der Waals surface area (Å²) in [6.07, 6.45) is 2.75. The zero-order valence-electron chi connectivity index (χ0n) is 10.4. The monoisotopic (exact) mass is 242 g/mol. The van der Waals surface area contributed by atoms with E-state index in [1.54, 1.807) is 6.07 Å². The Morgan fingerprint density at radius 2 is 1.72 bits per heavy atom. The van der Waals surface area contributed by atoms with Crippen LogP contribution in [-0.2, 0) is 12.8 Å². The van der Waals surface area contributed by atoms with Gasteiger partial charge in [-0.15, -0.1) is 0 Å². The molecular weight excluding hydrogens is 227 g/mol. The van der Waals surface area contributed by atoms with Gasteiger partial charge >= 0.3 is 0 Å². The molecule has 2 aromatic carbocycles. The highest BCUT2D eigenvalue weighted by molar-refractivity contribution is 5.47. The van der Waals surface area contributed by atoms with Crippen LogP contribution in [0.2, 0.25) is 0 Å². The van der Waals surface area contributed by atoms with Crippen molar-refractivity contribution in [3.63, 3.8) is 0 Å². The van der Waals surface area contributed by atoms with Gasteiger partial charge in [0.15, 0.2) is 0 Å². The third-order valence-electron chi connectivity index (χ3n) is 3.50. The molecule has 0 atom stereocenters. The molecule has 1 aliphatic carbocycles. The van der Waals surface area contributed by atoms with Crippen molar-refractivity contribution in [1.82, 2.24) is 0 Å². The standard InChI is InChI=1S/C16H15FO/c1-11-5-2-3-8-15(11)18-16-10-9-14(17)12-6-4-7-13(12)16/h2-3,5,8-10H,4,6-7H2,1H3. The van der Waals surface area contributed by atoms with Crippen LogP contribution >= 0.6 is 0 Å². The lowest BCUT2D eigenvalue weighted by Crippen LogP contribution is -1.95. The van der Waals surface area contributed by atoms with E-state index in [1.807, 2.05) is 31.2 Å². The Balaban J connectivity index is 2.00. The van der Waals surface area contributed by atoms with Crippen LogP contribution in [0.25, 0.3) is 0 Å². The molecule has 0 amide bonds. The molecule has 0 spiro atoms. The van der Waals surface area contributed by atoms with Crippen molar-refractivity contribution in [2.75, 3.05) is 0 Å². The first kappa shape index (κ1) is 11.3. The van der Waals surface area contributed by atoms with Crippen LogP contribution in [0.15, 0.2) is 36.4 Å². The molecule has 0 saturated heterocycles. The van der Waals surface area contributed by atoms with Crippen molar-refractivity contribution in [2.24, 2.45) is 0 Å². The Labute approximate surface area is 106 Å². The number of para-hydroxylation sites is 1. The lowest BCUT2D eigenvalue weighted by molar-refractivity contribution is 0.471. The largest absolute Gasteiger partial charge is 0.457 e. The summed E-state index contributed by atoms with van der Waals surface area (Å²) in [6.45, 7) is 2.01. The summed E-state index contributed by atoms with van der Waals surface area (Å²) < 4.78 is 19.6. The van der Waals surface area contributed by atoms with Gasteiger partial charge in [0.05, 0.1) is 0 Å². The second kappa shape index (κ2) is 4.45. The molecule has 0 N–H and O–H groups in total. The van der Waals surface area contributed by atoms with Crippen molar-refractivity contribution in [1.29, 1.82) is 0 Å². The number of fused-ring (bicyclic) bond motifs is 1. The molecule has 0 heterocycles. The summed E-state index contributed by atoms with van der Waals surface area (Å²) in [7, 11) is 0. The number of rotatable bonds is 2. The highest BCUT2D eigenvalue weighted by Crippen LogP contribution is 2.35. The maximum atomic E-state index is 13.6. The Morgan fingerprint density at radius 1 is 0.944 bits per heavy atom. The number of hydrogen-bond acceptors (Lipinski definition) is 1. The van der Waals surface area contributed by atoms with E-state index < -0.39 is 0 Å². The van der Waals surface area contributed by atoms with Crippen LogP contribution < -0.4 is 4.74 Å². The molecular formula is C16H15FO. The molecule has 1 nitrogen and oxygen atoms in total. The average molecular weight is 242 g/mol. The maximum absolute atomic E-state index is 13.6. The van der Waals surface area contributed by atoms with Crippen LogP contribution in [0.4, 0.5) is 4.39 Å². The number of benzene rings is 2. The minimum absolute atomic E-state index is 0.0976. The van der Waals surface area contributed by atoms with Gasteiger partial charge in [-0.3, -0.25) is 0 Å². The van der Waals surface area contributed by atoms with E-state index in [4.69, 9.17) is 4.74 Å². The van der Waals surface area contributed by atoms with Gasteiger partial charge in [-0.2, -0.15) is 0 Å². The van der Waals surface area contributed by atoms with E-state index >= 15 is 0 Å². The molecule has 0 bridgehead atoms. The molecule has 2 aromatic rings. The number of halogens is 1. The molecule has 0 unspecified atom stereocenters. The van der Waals surface area contributed by atoms with Crippen LogP contribution in [0.5, 0.6) is 11.5 Å². The zero-order chi connectivity index (χ0) is 12.5. The van der Waals surface area contributed by atoms with E-state index in [9.17, 15) is 4.39 Å². The number of aryl methyl sites for hydroxylation is 1. The molecule has 92 valence electrons. The minimum atomic E-state index is -0.0976. The summed E-state index contributed by atoms with van der Waals surface area (Å²) in [4.78, 5) is 0. The van der Waals surface area contributed by atoms with Gasteiger partial charge < -0.3 is 4.74 Å². The van der Waals surface area contributed by atoms with Crippen LogP contribution in [0.3, 0.4) is 0 Å². The summed E-state index contributed by atoms with van der Waals surface area (Å²) in [5.74, 6) is 1.55. The van der Waals surface area contributed by atoms with E-state index in [0.29, 0.717) is 0 Å². The first-order chi connectivity index (χ1) is 8.75.